The van der Waals surface area contributed by atoms with Crippen LogP contribution in [0, 0.1) is 29.1 Å². The molecule has 0 aromatic rings. The van der Waals surface area contributed by atoms with E-state index in [-0.39, 0.29) is 36.6 Å². The SMILES string of the molecule is COC(=O)C12CC3CC(CC(N)(C3)C1C(=O)[C@H](CC1C=CC=CC1)NC(=O)CNC(=O)[C@H](N)CCSC)C2.Cl. The van der Waals surface area contributed by atoms with Gasteiger partial charge in [-0.3, -0.25) is 19.2 Å². The minimum atomic E-state index is -0.950. The van der Waals surface area contributed by atoms with Crippen molar-refractivity contribution in [2.45, 2.75) is 69.0 Å². The van der Waals surface area contributed by atoms with E-state index < -0.39 is 40.8 Å². The van der Waals surface area contributed by atoms with E-state index >= 15 is 0 Å². The molecule has 11 heteroatoms. The highest BCUT2D eigenvalue weighted by molar-refractivity contribution is 7.98. The van der Waals surface area contributed by atoms with Gasteiger partial charge in [0.2, 0.25) is 11.8 Å². The number of hydrogen-bond acceptors (Lipinski definition) is 8. The normalized spacial score (nSPS) is 33.5. The van der Waals surface area contributed by atoms with E-state index in [9.17, 15) is 19.2 Å². The number of amides is 2. The molecule has 0 aromatic heterocycles. The number of carbonyl (C=O) groups is 4. The van der Waals surface area contributed by atoms with Gasteiger partial charge in [0.25, 0.3) is 0 Å². The van der Waals surface area contributed by atoms with Crippen molar-refractivity contribution < 1.29 is 23.9 Å². The fourth-order valence-electron chi connectivity index (χ4n) is 7.76. The molecule has 4 unspecified atom stereocenters. The summed E-state index contributed by atoms with van der Waals surface area (Å²) in [5, 5.41) is 5.48. The number of allylic oxidation sites excluding steroid dienone is 4. The molecule has 0 spiro atoms. The van der Waals surface area contributed by atoms with E-state index in [1.165, 1.54) is 7.11 Å². The largest absolute Gasteiger partial charge is 0.469 e. The first-order valence-corrected chi connectivity index (χ1v) is 15.1. The van der Waals surface area contributed by atoms with Crippen LogP contribution in [0.1, 0.15) is 51.4 Å². The third kappa shape index (κ3) is 6.72. The average Bonchev–Trinajstić information content (AvgIpc) is 2.88. The Morgan fingerprint density at radius 1 is 1.13 bits per heavy atom. The van der Waals surface area contributed by atoms with Crippen molar-refractivity contribution in [3.8, 4) is 0 Å². The van der Waals surface area contributed by atoms with Gasteiger partial charge in [0.15, 0.2) is 5.78 Å². The molecule has 2 amide bonds. The van der Waals surface area contributed by atoms with Crippen LogP contribution in [0.5, 0.6) is 0 Å². The molecule has 4 fully saturated rings. The van der Waals surface area contributed by atoms with Crippen LogP contribution in [0.15, 0.2) is 24.3 Å². The maximum atomic E-state index is 14.4. The van der Waals surface area contributed by atoms with Gasteiger partial charge in [-0.15, -0.1) is 12.4 Å². The minimum absolute atomic E-state index is 0. The standard InChI is InChI=1S/C28H42N4O5S.ClH/c1-37-26(36)27-12-18-10-19(13-27)15-28(30,14-18)24(27)23(34)21(11-17-6-4-3-5-7-17)32-22(33)16-31-25(35)20(29)8-9-38-2;/h3-6,17-21,24H,7-16,29-30H2,1-2H3,(H,31,35)(H,32,33);1H/t17?,18?,19?,20-,21+,24?,27?,28?;/m1./s1. The molecule has 5 aliphatic carbocycles. The van der Waals surface area contributed by atoms with Crippen molar-refractivity contribution in [1.29, 1.82) is 0 Å². The number of esters is 1. The molecular formula is C28H43ClN4O5S. The summed E-state index contributed by atoms with van der Waals surface area (Å²) in [6.45, 7) is -0.277. The molecule has 0 aliphatic heterocycles. The van der Waals surface area contributed by atoms with Crippen LogP contribution in [0.3, 0.4) is 0 Å². The second kappa shape index (κ2) is 13.2. The van der Waals surface area contributed by atoms with Gasteiger partial charge in [-0.2, -0.15) is 11.8 Å². The van der Waals surface area contributed by atoms with E-state index in [1.54, 1.807) is 11.8 Å². The number of ether oxygens (including phenoxy) is 1. The summed E-state index contributed by atoms with van der Waals surface area (Å²) in [6.07, 6.45) is 15.2. The highest BCUT2D eigenvalue weighted by Gasteiger charge is 2.68. The summed E-state index contributed by atoms with van der Waals surface area (Å²) in [7, 11) is 1.37. The van der Waals surface area contributed by atoms with Crippen LogP contribution in [0.25, 0.3) is 0 Å². The number of thioether (sulfide) groups is 1. The van der Waals surface area contributed by atoms with Crippen LogP contribution in [-0.4, -0.2) is 66.9 Å². The summed E-state index contributed by atoms with van der Waals surface area (Å²) >= 11 is 1.60. The number of hydrogen-bond donors (Lipinski definition) is 4. The fraction of sp³-hybridized carbons (Fsp3) is 0.714. The Bertz CT molecular complexity index is 990. The Balaban J connectivity index is 0.00000420. The molecule has 6 atom stereocenters. The third-order valence-corrected chi connectivity index (χ3v) is 9.64. The lowest BCUT2D eigenvalue weighted by Crippen LogP contribution is -2.72. The Morgan fingerprint density at radius 3 is 2.41 bits per heavy atom. The van der Waals surface area contributed by atoms with E-state index in [0.717, 1.165) is 18.6 Å². The number of carbonyl (C=O) groups excluding carboxylic acids is 4. The van der Waals surface area contributed by atoms with Crippen molar-refractivity contribution in [2.24, 2.45) is 40.6 Å². The molecule has 6 N–H and O–H groups in total. The number of nitrogens with one attached hydrogen (secondary N) is 2. The van der Waals surface area contributed by atoms with Crippen molar-refractivity contribution >= 4 is 47.7 Å². The Morgan fingerprint density at radius 2 is 1.82 bits per heavy atom. The highest BCUT2D eigenvalue weighted by Crippen LogP contribution is 2.64. The maximum absolute atomic E-state index is 14.4. The van der Waals surface area contributed by atoms with Gasteiger partial charge in [-0.05, 0) is 81.1 Å². The van der Waals surface area contributed by atoms with Gasteiger partial charge in [-0.1, -0.05) is 24.3 Å². The summed E-state index contributed by atoms with van der Waals surface area (Å²) in [5.74, 6) is -0.738. The van der Waals surface area contributed by atoms with Crippen molar-refractivity contribution in [1.82, 2.24) is 10.6 Å². The van der Waals surface area contributed by atoms with E-state index in [4.69, 9.17) is 16.2 Å². The molecule has 0 radical (unpaired) electrons. The zero-order valence-corrected chi connectivity index (χ0v) is 24.5. The monoisotopic (exact) mass is 582 g/mol. The molecule has 4 bridgehead atoms. The minimum Gasteiger partial charge on any atom is -0.469 e. The first-order chi connectivity index (χ1) is 18.1. The molecule has 0 heterocycles. The lowest BCUT2D eigenvalue weighted by atomic mass is 9.41. The number of nitrogens with two attached hydrogens (primary N) is 2. The number of rotatable bonds is 12. The zero-order valence-electron chi connectivity index (χ0n) is 22.9. The van der Waals surface area contributed by atoms with Crippen molar-refractivity contribution in [2.75, 3.05) is 25.7 Å². The number of methoxy groups -OCH3 is 1. The summed E-state index contributed by atoms with van der Waals surface area (Å²) in [4.78, 5) is 53.0. The maximum Gasteiger partial charge on any atom is 0.312 e. The smallest absolute Gasteiger partial charge is 0.312 e. The lowest BCUT2D eigenvalue weighted by Gasteiger charge is -2.63. The molecule has 5 aliphatic rings. The summed E-state index contributed by atoms with van der Waals surface area (Å²) in [6, 6.07) is -1.54. The van der Waals surface area contributed by atoms with Crippen LogP contribution in [-0.2, 0) is 23.9 Å². The van der Waals surface area contributed by atoms with Gasteiger partial charge >= 0.3 is 5.97 Å². The van der Waals surface area contributed by atoms with Crippen LogP contribution in [0.2, 0.25) is 0 Å². The molecule has 218 valence electrons. The van der Waals surface area contributed by atoms with Gasteiger partial charge < -0.3 is 26.8 Å². The second-order valence-electron chi connectivity index (χ2n) is 11.8. The Labute approximate surface area is 241 Å². The third-order valence-electron chi connectivity index (χ3n) is 8.99. The topological polar surface area (TPSA) is 154 Å². The van der Waals surface area contributed by atoms with Gasteiger partial charge in [0.1, 0.15) is 0 Å². The average molecular weight is 583 g/mol. The lowest BCUT2D eigenvalue weighted by molar-refractivity contribution is -0.188. The first kappa shape index (κ1) is 31.6. The summed E-state index contributed by atoms with van der Waals surface area (Å²) < 4.78 is 5.27. The Hall–Kier alpha value is -1.88. The molecule has 39 heavy (non-hydrogen) atoms. The molecule has 5 rings (SSSR count). The van der Waals surface area contributed by atoms with Crippen molar-refractivity contribution in [3.05, 3.63) is 24.3 Å². The Kier molecular flexibility index (Phi) is 10.7. The van der Waals surface area contributed by atoms with Crippen molar-refractivity contribution in [3.63, 3.8) is 0 Å². The summed E-state index contributed by atoms with van der Waals surface area (Å²) in [5.41, 5.74) is 11.2. The molecule has 0 aromatic carbocycles. The van der Waals surface area contributed by atoms with E-state index in [0.29, 0.717) is 50.4 Å². The fourth-order valence-corrected chi connectivity index (χ4v) is 8.25. The van der Waals surface area contributed by atoms with E-state index in [1.807, 2.05) is 30.6 Å². The number of halogens is 1. The first-order valence-electron chi connectivity index (χ1n) is 13.7. The second-order valence-corrected chi connectivity index (χ2v) is 12.8. The van der Waals surface area contributed by atoms with Crippen LogP contribution < -0.4 is 22.1 Å². The zero-order chi connectivity index (χ0) is 27.5. The number of ketones is 1. The highest BCUT2D eigenvalue weighted by atomic mass is 35.5. The predicted molar refractivity (Wildman–Crippen MR) is 154 cm³/mol. The number of Topliss-reactive ketones (excluding diaryl/α,β-unsaturated/α-hetero) is 1. The quantitative estimate of drug-likeness (QED) is 0.254. The molecular weight excluding hydrogens is 540 g/mol. The van der Waals surface area contributed by atoms with Gasteiger partial charge in [0.05, 0.1) is 37.1 Å². The van der Waals surface area contributed by atoms with Crippen LogP contribution >= 0.6 is 24.2 Å². The molecule has 4 saturated carbocycles. The van der Waals surface area contributed by atoms with E-state index in [2.05, 4.69) is 10.6 Å². The predicted octanol–water partition coefficient (Wildman–Crippen LogP) is 1.88. The molecule has 9 nitrogen and oxygen atoms in total. The van der Waals surface area contributed by atoms with Gasteiger partial charge in [0, 0.05) is 5.54 Å². The van der Waals surface area contributed by atoms with Crippen LogP contribution in [0.4, 0.5) is 0 Å². The molecule has 0 saturated heterocycles. The van der Waals surface area contributed by atoms with Gasteiger partial charge in [-0.25, -0.2) is 0 Å².